The lowest BCUT2D eigenvalue weighted by molar-refractivity contribution is -0.121. The quantitative estimate of drug-likeness (QED) is 0.812. The van der Waals surface area contributed by atoms with Gasteiger partial charge < -0.3 is 15.0 Å². The minimum Gasteiger partial charge on any atom is -0.379 e. The Hall–Kier alpha value is -1.92. The molecule has 0 bridgehead atoms. The Bertz CT molecular complexity index is 577. The highest BCUT2D eigenvalue weighted by atomic mass is 16.5. The zero-order valence-electron chi connectivity index (χ0n) is 15.5. The third-order valence-corrected chi connectivity index (χ3v) is 4.31. The number of carbonyl (C=O) groups is 2. The first-order valence-corrected chi connectivity index (χ1v) is 8.89. The van der Waals surface area contributed by atoms with Gasteiger partial charge in [-0.1, -0.05) is 6.07 Å². The molecule has 1 saturated heterocycles. The summed E-state index contributed by atoms with van der Waals surface area (Å²) >= 11 is 0. The van der Waals surface area contributed by atoms with E-state index in [1.807, 2.05) is 26.0 Å². The molecule has 0 aliphatic carbocycles. The summed E-state index contributed by atoms with van der Waals surface area (Å²) in [5.74, 6) is -0.0741. The standard InChI is InChI=1S/C19H29N3O3/c1-15-12-16(2)14-18(13-15)22(17(3)23)6-4-19(24)20-5-7-21-8-10-25-11-9-21/h12-14H,4-11H2,1-3H3,(H,20,24). The van der Waals surface area contributed by atoms with Crippen LogP contribution in [0.5, 0.6) is 0 Å². The molecule has 25 heavy (non-hydrogen) atoms. The van der Waals surface area contributed by atoms with Crippen LogP contribution in [0.4, 0.5) is 5.69 Å². The molecule has 0 unspecified atom stereocenters. The smallest absolute Gasteiger partial charge is 0.223 e. The summed E-state index contributed by atoms with van der Waals surface area (Å²) in [5.41, 5.74) is 3.07. The molecule has 1 heterocycles. The summed E-state index contributed by atoms with van der Waals surface area (Å²) in [6, 6.07) is 6.02. The van der Waals surface area contributed by atoms with Crippen molar-refractivity contribution >= 4 is 17.5 Å². The molecule has 0 atom stereocenters. The van der Waals surface area contributed by atoms with Gasteiger partial charge in [-0.3, -0.25) is 14.5 Å². The second-order valence-corrected chi connectivity index (χ2v) is 6.57. The molecule has 0 aromatic heterocycles. The largest absolute Gasteiger partial charge is 0.379 e. The number of anilines is 1. The number of carbonyl (C=O) groups excluding carboxylic acids is 2. The molecule has 1 aromatic carbocycles. The van der Waals surface area contributed by atoms with E-state index in [9.17, 15) is 9.59 Å². The summed E-state index contributed by atoms with van der Waals surface area (Å²) in [6.07, 6.45) is 0.301. The maximum atomic E-state index is 12.1. The van der Waals surface area contributed by atoms with E-state index in [-0.39, 0.29) is 11.8 Å². The van der Waals surface area contributed by atoms with E-state index in [0.717, 1.165) is 49.7 Å². The molecule has 2 amide bonds. The minimum absolute atomic E-state index is 0.0242. The number of ether oxygens (including phenoxy) is 1. The molecule has 1 aliphatic heterocycles. The topological polar surface area (TPSA) is 61.9 Å². The molecule has 6 nitrogen and oxygen atoms in total. The van der Waals surface area contributed by atoms with Crippen molar-refractivity contribution in [2.75, 3.05) is 50.8 Å². The average molecular weight is 347 g/mol. The predicted molar refractivity (Wildman–Crippen MR) is 98.8 cm³/mol. The maximum absolute atomic E-state index is 12.1. The molecule has 0 radical (unpaired) electrons. The van der Waals surface area contributed by atoms with Crippen molar-refractivity contribution in [3.8, 4) is 0 Å². The Morgan fingerprint density at radius 3 is 2.40 bits per heavy atom. The van der Waals surface area contributed by atoms with Crippen LogP contribution in [-0.4, -0.2) is 62.7 Å². The second-order valence-electron chi connectivity index (χ2n) is 6.57. The van der Waals surface area contributed by atoms with Crippen LogP contribution in [0.15, 0.2) is 18.2 Å². The number of hydrogen-bond donors (Lipinski definition) is 1. The van der Waals surface area contributed by atoms with Gasteiger partial charge in [0.1, 0.15) is 0 Å². The average Bonchev–Trinajstić information content (AvgIpc) is 2.55. The number of amides is 2. The fourth-order valence-electron chi connectivity index (χ4n) is 3.05. The van der Waals surface area contributed by atoms with Gasteiger partial charge >= 0.3 is 0 Å². The van der Waals surface area contributed by atoms with Gasteiger partial charge in [0, 0.05) is 51.8 Å². The lowest BCUT2D eigenvalue weighted by atomic mass is 10.1. The van der Waals surface area contributed by atoms with E-state index in [4.69, 9.17) is 4.74 Å². The van der Waals surface area contributed by atoms with E-state index in [0.29, 0.717) is 19.5 Å². The number of nitrogens with zero attached hydrogens (tertiary/aromatic N) is 2. The van der Waals surface area contributed by atoms with Crippen molar-refractivity contribution in [2.24, 2.45) is 0 Å². The molecule has 6 heteroatoms. The molecular formula is C19H29N3O3. The monoisotopic (exact) mass is 347 g/mol. The highest BCUT2D eigenvalue weighted by molar-refractivity contribution is 5.92. The fraction of sp³-hybridized carbons (Fsp3) is 0.579. The van der Waals surface area contributed by atoms with Gasteiger partial charge in [-0.05, 0) is 37.1 Å². The Morgan fingerprint density at radius 1 is 1.16 bits per heavy atom. The summed E-state index contributed by atoms with van der Waals surface area (Å²) in [4.78, 5) is 28.0. The van der Waals surface area contributed by atoms with Gasteiger partial charge in [-0.15, -0.1) is 0 Å². The van der Waals surface area contributed by atoms with E-state index in [1.54, 1.807) is 4.90 Å². The fourth-order valence-corrected chi connectivity index (χ4v) is 3.05. The predicted octanol–water partition coefficient (Wildman–Crippen LogP) is 1.49. The van der Waals surface area contributed by atoms with Crippen molar-refractivity contribution in [3.63, 3.8) is 0 Å². The molecule has 0 spiro atoms. The highest BCUT2D eigenvalue weighted by Crippen LogP contribution is 2.19. The maximum Gasteiger partial charge on any atom is 0.223 e. The van der Waals surface area contributed by atoms with Crippen LogP contribution in [0.1, 0.15) is 24.5 Å². The molecular weight excluding hydrogens is 318 g/mol. The van der Waals surface area contributed by atoms with Crippen LogP contribution in [-0.2, 0) is 14.3 Å². The normalized spacial score (nSPS) is 15.0. The SMILES string of the molecule is CC(=O)N(CCC(=O)NCCN1CCOCC1)c1cc(C)cc(C)c1. The molecule has 0 saturated carbocycles. The van der Waals surface area contributed by atoms with Gasteiger partial charge in [0.05, 0.1) is 13.2 Å². The molecule has 138 valence electrons. The number of hydrogen-bond acceptors (Lipinski definition) is 4. The van der Waals surface area contributed by atoms with Crippen LogP contribution in [0, 0.1) is 13.8 Å². The van der Waals surface area contributed by atoms with Gasteiger partial charge in [0.25, 0.3) is 0 Å². The van der Waals surface area contributed by atoms with Crippen LogP contribution in [0.25, 0.3) is 0 Å². The number of rotatable bonds is 7. The number of benzene rings is 1. The van der Waals surface area contributed by atoms with Crippen LogP contribution in [0.3, 0.4) is 0 Å². The Labute approximate surface area is 150 Å². The number of nitrogens with one attached hydrogen (secondary N) is 1. The number of morpholine rings is 1. The van der Waals surface area contributed by atoms with Crippen molar-refractivity contribution in [1.29, 1.82) is 0 Å². The van der Waals surface area contributed by atoms with Gasteiger partial charge in [-0.25, -0.2) is 0 Å². The first kappa shape index (κ1) is 19.4. The first-order valence-electron chi connectivity index (χ1n) is 8.89. The van der Waals surface area contributed by atoms with Crippen molar-refractivity contribution in [2.45, 2.75) is 27.2 Å². The van der Waals surface area contributed by atoms with Crippen molar-refractivity contribution in [3.05, 3.63) is 29.3 Å². The van der Waals surface area contributed by atoms with E-state index < -0.39 is 0 Å². The minimum atomic E-state index is -0.0499. The number of aryl methyl sites for hydroxylation is 2. The molecule has 1 aromatic rings. The molecule has 1 aliphatic rings. The zero-order valence-corrected chi connectivity index (χ0v) is 15.5. The van der Waals surface area contributed by atoms with Gasteiger partial charge in [0.2, 0.25) is 11.8 Å². The van der Waals surface area contributed by atoms with Crippen LogP contribution < -0.4 is 10.2 Å². The van der Waals surface area contributed by atoms with Crippen LogP contribution >= 0.6 is 0 Å². The Balaban J connectivity index is 1.79. The van der Waals surface area contributed by atoms with Gasteiger partial charge in [-0.2, -0.15) is 0 Å². The summed E-state index contributed by atoms with van der Waals surface area (Å²) in [5, 5.41) is 2.94. The Kier molecular flexibility index (Phi) is 7.40. The molecule has 2 rings (SSSR count). The third kappa shape index (κ3) is 6.48. The second kappa shape index (κ2) is 9.53. The van der Waals surface area contributed by atoms with E-state index in [1.165, 1.54) is 6.92 Å². The molecule has 1 fully saturated rings. The summed E-state index contributed by atoms with van der Waals surface area (Å²) in [7, 11) is 0. The van der Waals surface area contributed by atoms with Crippen molar-refractivity contribution in [1.82, 2.24) is 10.2 Å². The lowest BCUT2D eigenvalue weighted by Gasteiger charge is -2.26. The highest BCUT2D eigenvalue weighted by Gasteiger charge is 2.15. The van der Waals surface area contributed by atoms with Crippen LogP contribution in [0.2, 0.25) is 0 Å². The first-order chi connectivity index (χ1) is 12.0. The van der Waals surface area contributed by atoms with Gasteiger partial charge in [0.15, 0.2) is 0 Å². The summed E-state index contributed by atoms with van der Waals surface area (Å²) < 4.78 is 5.31. The Morgan fingerprint density at radius 2 is 1.80 bits per heavy atom. The zero-order chi connectivity index (χ0) is 18.2. The van der Waals surface area contributed by atoms with Crippen molar-refractivity contribution < 1.29 is 14.3 Å². The van der Waals surface area contributed by atoms with E-state index >= 15 is 0 Å². The summed E-state index contributed by atoms with van der Waals surface area (Å²) in [6.45, 7) is 10.8. The lowest BCUT2D eigenvalue weighted by Crippen LogP contribution is -2.42. The molecule has 1 N–H and O–H groups in total. The van der Waals surface area contributed by atoms with E-state index in [2.05, 4.69) is 16.3 Å². The third-order valence-electron chi connectivity index (χ3n) is 4.31.